The summed E-state index contributed by atoms with van der Waals surface area (Å²) in [6, 6.07) is 8.23. The lowest BCUT2D eigenvalue weighted by Gasteiger charge is -2.32. The predicted octanol–water partition coefficient (Wildman–Crippen LogP) is 1.59. The van der Waals surface area contributed by atoms with E-state index in [9.17, 15) is 4.79 Å². The first-order valence-corrected chi connectivity index (χ1v) is 7.51. The summed E-state index contributed by atoms with van der Waals surface area (Å²) in [6.07, 6.45) is 0.579. The maximum absolute atomic E-state index is 11.3. The molecular weight excluding hydrogens is 265 g/mol. The van der Waals surface area contributed by atoms with Crippen LogP contribution in [0, 0.1) is 0 Å². The molecule has 0 radical (unpaired) electrons. The van der Waals surface area contributed by atoms with Crippen molar-refractivity contribution >= 4 is 18.5 Å². The van der Waals surface area contributed by atoms with Crippen molar-refractivity contribution in [2.24, 2.45) is 0 Å². The van der Waals surface area contributed by atoms with Crippen LogP contribution < -0.4 is 10.8 Å². The van der Waals surface area contributed by atoms with Gasteiger partial charge in [-0.05, 0) is 38.7 Å². The Hall–Kier alpha value is -1.33. The van der Waals surface area contributed by atoms with Crippen LogP contribution in [-0.4, -0.2) is 30.8 Å². The molecule has 0 aromatic heterocycles. The van der Waals surface area contributed by atoms with Gasteiger partial charge in [0.05, 0.1) is 11.2 Å². The monoisotopic (exact) mass is 287 g/mol. The van der Waals surface area contributed by atoms with Crippen molar-refractivity contribution in [2.45, 2.75) is 51.2 Å². The van der Waals surface area contributed by atoms with E-state index in [-0.39, 0.29) is 30.1 Å². The highest BCUT2D eigenvalue weighted by Gasteiger charge is 2.51. The van der Waals surface area contributed by atoms with Crippen molar-refractivity contribution < 1.29 is 14.1 Å². The largest absolute Gasteiger partial charge is 0.494 e. The number of carbonyl (C=O) groups is 1. The molecule has 2 saturated heterocycles. The van der Waals surface area contributed by atoms with Crippen LogP contribution in [0.15, 0.2) is 24.3 Å². The van der Waals surface area contributed by atoms with E-state index in [1.165, 1.54) is 5.56 Å². The molecule has 2 aliphatic heterocycles. The fourth-order valence-corrected chi connectivity index (χ4v) is 2.75. The van der Waals surface area contributed by atoms with E-state index in [2.05, 4.69) is 45.1 Å². The van der Waals surface area contributed by atoms with Crippen LogP contribution >= 0.6 is 0 Å². The first-order valence-electron chi connectivity index (χ1n) is 7.51. The number of benzene rings is 1. The summed E-state index contributed by atoms with van der Waals surface area (Å²) >= 11 is 0. The Morgan fingerprint density at radius 1 is 1.10 bits per heavy atom. The maximum Gasteiger partial charge on any atom is 0.494 e. The third kappa shape index (κ3) is 2.60. The van der Waals surface area contributed by atoms with Crippen LogP contribution in [0.25, 0.3) is 0 Å². The zero-order valence-corrected chi connectivity index (χ0v) is 13.1. The third-order valence-electron chi connectivity index (χ3n) is 4.91. The molecule has 0 saturated carbocycles. The van der Waals surface area contributed by atoms with Crippen LogP contribution in [0.2, 0.25) is 0 Å². The molecule has 0 aliphatic carbocycles. The summed E-state index contributed by atoms with van der Waals surface area (Å²) in [4.78, 5) is 11.3. The van der Waals surface area contributed by atoms with Crippen LogP contribution in [0.5, 0.6) is 0 Å². The molecule has 2 heterocycles. The number of hydrogen-bond donors (Lipinski definition) is 1. The lowest BCUT2D eigenvalue weighted by Crippen LogP contribution is -2.41. The minimum atomic E-state index is -0.326. The molecule has 4 nitrogen and oxygen atoms in total. The van der Waals surface area contributed by atoms with Crippen molar-refractivity contribution in [1.29, 1.82) is 0 Å². The van der Waals surface area contributed by atoms with E-state index in [1.54, 1.807) is 0 Å². The number of hydrogen-bond acceptors (Lipinski definition) is 3. The van der Waals surface area contributed by atoms with E-state index in [0.717, 1.165) is 12.0 Å². The molecule has 2 aliphatic rings. The second kappa shape index (κ2) is 4.85. The van der Waals surface area contributed by atoms with Crippen molar-refractivity contribution in [3.8, 4) is 0 Å². The maximum atomic E-state index is 11.3. The van der Waals surface area contributed by atoms with Crippen LogP contribution in [0.1, 0.15) is 45.6 Å². The zero-order valence-electron chi connectivity index (χ0n) is 13.1. The molecule has 1 atom stereocenters. The summed E-state index contributed by atoms with van der Waals surface area (Å²) in [5.41, 5.74) is 1.57. The number of carbonyl (C=O) groups excluding carboxylic acids is 1. The second-order valence-electron chi connectivity index (χ2n) is 6.96. The van der Waals surface area contributed by atoms with Gasteiger partial charge in [0.1, 0.15) is 0 Å². The van der Waals surface area contributed by atoms with Gasteiger partial charge in [0, 0.05) is 18.9 Å². The number of nitrogens with one attached hydrogen (secondary N) is 1. The van der Waals surface area contributed by atoms with Crippen LogP contribution in [0.4, 0.5) is 0 Å². The molecule has 1 aromatic carbocycles. The highest BCUT2D eigenvalue weighted by atomic mass is 16.7. The Labute approximate surface area is 126 Å². The van der Waals surface area contributed by atoms with Gasteiger partial charge in [-0.1, -0.05) is 24.3 Å². The van der Waals surface area contributed by atoms with Crippen molar-refractivity contribution in [2.75, 3.05) is 6.54 Å². The molecule has 0 bridgehead atoms. The van der Waals surface area contributed by atoms with Gasteiger partial charge >= 0.3 is 7.12 Å². The fourth-order valence-electron chi connectivity index (χ4n) is 2.75. The average Bonchev–Trinajstić information content (AvgIpc) is 2.92. The van der Waals surface area contributed by atoms with E-state index < -0.39 is 0 Å². The van der Waals surface area contributed by atoms with Gasteiger partial charge < -0.3 is 14.6 Å². The first-order chi connectivity index (χ1) is 9.78. The molecule has 3 rings (SSSR count). The van der Waals surface area contributed by atoms with E-state index in [0.29, 0.717) is 6.42 Å². The molecule has 1 amide bonds. The van der Waals surface area contributed by atoms with E-state index in [4.69, 9.17) is 9.31 Å². The Bertz CT molecular complexity index is 537. The second-order valence-corrected chi connectivity index (χ2v) is 6.96. The SMILES string of the molecule is CC1(C)OB(c2ccc([C@@H]3CNC(=O)C3)cc2)OC1(C)C. The Balaban J connectivity index is 1.75. The Kier molecular flexibility index (Phi) is 3.37. The lowest BCUT2D eigenvalue weighted by molar-refractivity contribution is -0.119. The van der Waals surface area contributed by atoms with E-state index >= 15 is 0 Å². The van der Waals surface area contributed by atoms with Crippen molar-refractivity contribution in [3.63, 3.8) is 0 Å². The van der Waals surface area contributed by atoms with Gasteiger partial charge in [0.25, 0.3) is 0 Å². The molecule has 2 fully saturated rings. The third-order valence-corrected chi connectivity index (χ3v) is 4.91. The molecule has 21 heavy (non-hydrogen) atoms. The lowest BCUT2D eigenvalue weighted by atomic mass is 9.78. The first kappa shape index (κ1) is 14.6. The minimum Gasteiger partial charge on any atom is -0.399 e. The summed E-state index contributed by atoms with van der Waals surface area (Å²) in [6.45, 7) is 8.94. The summed E-state index contributed by atoms with van der Waals surface area (Å²) in [7, 11) is -0.326. The number of amides is 1. The summed E-state index contributed by atoms with van der Waals surface area (Å²) in [5.74, 6) is 0.417. The zero-order chi connectivity index (χ0) is 15.3. The van der Waals surface area contributed by atoms with Gasteiger partial charge in [0.15, 0.2) is 0 Å². The highest BCUT2D eigenvalue weighted by Crippen LogP contribution is 2.36. The summed E-state index contributed by atoms with van der Waals surface area (Å²) in [5, 5.41) is 2.87. The normalized spacial score (nSPS) is 27.0. The van der Waals surface area contributed by atoms with Gasteiger partial charge in [-0.3, -0.25) is 4.79 Å². The van der Waals surface area contributed by atoms with Gasteiger partial charge in [-0.2, -0.15) is 0 Å². The standard InChI is InChI=1S/C16H22BNO3/c1-15(2)16(3,4)21-17(20-15)13-7-5-11(6-8-13)12-9-14(19)18-10-12/h5-8,12H,9-10H2,1-4H3,(H,18,19)/t12-/m0/s1. The van der Waals surface area contributed by atoms with E-state index in [1.807, 2.05) is 12.1 Å². The Morgan fingerprint density at radius 2 is 1.67 bits per heavy atom. The molecule has 112 valence electrons. The number of rotatable bonds is 2. The molecule has 5 heteroatoms. The highest BCUT2D eigenvalue weighted by molar-refractivity contribution is 6.62. The Morgan fingerprint density at radius 3 is 2.14 bits per heavy atom. The fraction of sp³-hybridized carbons (Fsp3) is 0.562. The van der Waals surface area contributed by atoms with Gasteiger partial charge in [-0.15, -0.1) is 0 Å². The topological polar surface area (TPSA) is 47.6 Å². The molecule has 1 aromatic rings. The van der Waals surface area contributed by atoms with Gasteiger partial charge in [-0.25, -0.2) is 0 Å². The quantitative estimate of drug-likeness (QED) is 0.840. The van der Waals surface area contributed by atoms with Crippen LogP contribution in [-0.2, 0) is 14.1 Å². The smallest absolute Gasteiger partial charge is 0.399 e. The van der Waals surface area contributed by atoms with Gasteiger partial charge in [0.2, 0.25) is 5.91 Å². The minimum absolute atomic E-state index is 0.134. The molecule has 0 unspecified atom stereocenters. The van der Waals surface area contributed by atoms with Crippen molar-refractivity contribution in [3.05, 3.63) is 29.8 Å². The predicted molar refractivity (Wildman–Crippen MR) is 82.5 cm³/mol. The molecular formula is C16H22BNO3. The van der Waals surface area contributed by atoms with Crippen LogP contribution in [0.3, 0.4) is 0 Å². The molecule has 1 N–H and O–H groups in total. The average molecular weight is 287 g/mol. The summed E-state index contributed by atoms with van der Waals surface area (Å²) < 4.78 is 12.1. The molecule has 0 spiro atoms. The van der Waals surface area contributed by atoms with Crippen molar-refractivity contribution in [1.82, 2.24) is 5.32 Å².